The third-order valence-electron chi connectivity index (χ3n) is 11.2. The van der Waals surface area contributed by atoms with Crippen molar-refractivity contribution in [2.24, 2.45) is 5.11 Å². The molecule has 17 nitrogen and oxygen atoms in total. The molecule has 2 aromatic heterocycles. The Labute approximate surface area is 386 Å². The van der Waals surface area contributed by atoms with Gasteiger partial charge in [0.15, 0.2) is 0 Å². The Kier molecular flexibility index (Phi) is 15.5. The van der Waals surface area contributed by atoms with Gasteiger partial charge in [0, 0.05) is 72.4 Å². The van der Waals surface area contributed by atoms with Crippen LogP contribution in [0.1, 0.15) is 64.7 Å². The number of nitrogens with zero attached hydrogens (tertiary/aromatic N) is 5. The highest BCUT2D eigenvalue weighted by Crippen LogP contribution is 2.30. The number of hydrogen-bond donors (Lipinski definition) is 4. The van der Waals surface area contributed by atoms with Gasteiger partial charge < -0.3 is 39.7 Å². The third-order valence-corrected chi connectivity index (χ3v) is 11.5. The van der Waals surface area contributed by atoms with Crippen LogP contribution in [-0.2, 0) is 43.4 Å². The molecule has 5 aromatic rings. The number of esters is 1. The van der Waals surface area contributed by atoms with E-state index in [0.29, 0.717) is 58.3 Å². The van der Waals surface area contributed by atoms with E-state index in [4.69, 9.17) is 31.1 Å². The third kappa shape index (κ3) is 11.8. The molecule has 66 heavy (non-hydrogen) atoms. The highest BCUT2D eigenvalue weighted by molar-refractivity contribution is 6.30. The largest absolute Gasteiger partial charge is 0.488 e. The quantitative estimate of drug-likeness (QED) is 0.0589. The van der Waals surface area contributed by atoms with Crippen molar-refractivity contribution in [2.45, 2.75) is 70.8 Å². The molecule has 342 valence electrons. The molecule has 0 spiro atoms. The van der Waals surface area contributed by atoms with Crippen molar-refractivity contribution in [3.63, 3.8) is 0 Å². The topological polar surface area (TPSA) is 222 Å². The molecule has 4 heterocycles. The molecule has 0 saturated carbocycles. The van der Waals surface area contributed by atoms with Crippen LogP contribution in [0.3, 0.4) is 0 Å². The van der Waals surface area contributed by atoms with Gasteiger partial charge >= 0.3 is 5.97 Å². The molecular weight excluding hydrogens is 866 g/mol. The normalized spacial score (nSPS) is 17.0. The summed E-state index contributed by atoms with van der Waals surface area (Å²) >= 11 is 6.46. The van der Waals surface area contributed by atoms with E-state index in [1.807, 2.05) is 36.4 Å². The van der Waals surface area contributed by atoms with Gasteiger partial charge in [0.1, 0.15) is 41.9 Å². The van der Waals surface area contributed by atoms with E-state index in [2.05, 4.69) is 31.2 Å². The summed E-state index contributed by atoms with van der Waals surface area (Å²) in [6.45, 7) is 4.34. The van der Waals surface area contributed by atoms with E-state index >= 15 is 0 Å². The van der Waals surface area contributed by atoms with Crippen molar-refractivity contribution in [1.82, 2.24) is 35.9 Å². The lowest BCUT2D eigenvalue weighted by atomic mass is 10.1. The van der Waals surface area contributed by atoms with Crippen LogP contribution in [0.2, 0.25) is 5.02 Å². The summed E-state index contributed by atoms with van der Waals surface area (Å²) < 4.78 is 16.8. The van der Waals surface area contributed by atoms with E-state index in [1.54, 1.807) is 74.8 Å². The van der Waals surface area contributed by atoms with Crippen molar-refractivity contribution in [3.8, 4) is 16.9 Å². The zero-order valence-electron chi connectivity index (χ0n) is 36.5. The first-order valence-electron chi connectivity index (χ1n) is 21.6. The summed E-state index contributed by atoms with van der Waals surface area (Å²) in [5.74, 6) is -1.09. The number of likely N-dealkylation sites (tertiary alicyclic amines) is 2. The average Bonchev–Trinajstić information content (AvgIpc) is 4.10. The smallest absolute Gasteiger partial charge is 0.325 e. The fourth-order valence-electron chi connectivity index (χ4n) is 7.97. The number of pyridine rings is 1. The molecule has 2 aliphatic heterocycles. The first kappa shape index (κ1) is 46.6. The summed E-state index contributed by atoms with van der Waals surface area (Å²) in [6, 6.07) is 23.4. The number of hydrogen-bond acceptors (Lipinski definition) is 13. The van der Waals surface area contributed by atoms with E-state index < -0.39 is 24.2 Å². The van der Waals surface area contributed by atoms with E-state index in [-0.39, 0.29) is 75.0 Å². The highest BCUT2D eigenvalue weighted by atomic mass is 35.5. The molecule has 0 aliphatic carbocycles. The lowest BCUT2D eigenvalue weighted by Crippen LogP contribution is -2.46. The van der Waals surface area contributed by atoms with Crippen LogP contribution < -0.4 is 20.7 Å². The van der Waals surface area contributed by atoms with Gasteiger partial charge in [0.25, 0.3) is 5.91 Å². The van der Waals surface area contributed by atoms with Gasteiger partial charge in [0.05, 0.1) is 25.3 Å². The SMILES string of the molecule is CCOC(=O)CN/C=C(\N=N)c1cccc(C(=O)N2CCC[C@H]2C(=O)NCc2ccc(Cl)cc2O[C@@H]2C[C@@H](C(=O)NCc3ccc(-c4ccncc4)cc3)N(C(=O)Cc3cc(C)no3)C2)c1. The predicted molar refractivity (Wildman–Crippen MR) is 243 cm³/mol. The Balaban J connectivity index is 0.999. The van der Waals surface area contributed by atoms with Crippen LogP contribution >= 0.6 is 11.6 Å². The second-order valence-electron chi connectivity index (χ2n) is 15.8. The maximum absolute atomic E-state index is 13.9. The zero-order valence-corrected chi connectivity index (χ0v) is 37.3. The minimum atomic E-state index is -0.853. The molecular formula is C48H50ClN9O8. The molecule has 3 atom stereocenters. The number of nitrogens with one attached hydrogen (secondary N) is 4. The molecule has 2 fully saturated rings. The summed E-state index contributed by atoms with van der Waals surface area (Å²) in [4.78, 5) is 74.1. The van der Waals surface area contributed by atoms with Crippen LogP contribution in [-0.4, -0.2) is 94.0 Å². The summed E-state index contributed by atoms with van der Waals surface area (Å²) in [6.07, 6.45) is 5.41. The van der Waals surface area contributed by atoms with Crippen molar-refractivity contribution in [1.29, 1.82) is 5.53 Å². The molecule has 0 radical (unpaired) electrons. The Morgan fingerprint density at radius 1 is 0.909 bits per heavy atom. The van der Waals surface area contributed by atoms with Gasteiger partial charge in [0.2, 0.25) is 17.7 Å². The lowest BCUT2D eigenvalue weighted by Gasteiger charge is -2.25. The molecule has 7 rings (SSSR count). The molecule has 0 unspecified atom stereocenters. The number of halogens is 1. The predicted octanol–water partition coefficient (Wildman–Crippen LogP) is 6.01. The highest BCUT2D eigenvalue weighted by Gasteiger charge is 2.41. The van der Waals surface area contributed by atoms with Crippen molar-refractivity contribution in [2.75, 3.05) is 26.2 Å². The summed E-state index contributed by atoms with van der Waals surface area (Å²) in [5, 5.41) is 16.6. The molecule has 0 bridgehead atoms. The minimum Gasteiger partial charge on any atom is -0.488 e. The number of carbonyl (C=O) groups is 5. The van der Waals surface area contributed by atoms with Gasteiger partial charge in [-0.15, -0.1) is 0 Å². The average molecular weight is 916 g/mol. The number of benzene rings is 3. The Morgan fingerprint density at radius 2 is 1.65 bits per heavy atom. The summed E-state index contributed by atoms with van der Waals surface area (Å²) in [7, 11) is 0. The minimum absolute atomic E-state index is 0.0430. The second-order valence-corrected chi connectivity index (χ2v) is 16.3. The van der Waals surface area contributed by atoms with Crippen LogP contribution in [0.25, 0.3) is 16.8 Å². The van der Waals surface area contributed by atoms with Crippen LogP contribution in [0.15, 0.2) is 113 Å². The van der Waals surface area contributed by atoms with Crippen LogP contribution in [0, 0.1) is 12.5 Å². The second kappa shape index (κ2) is 22.0. The van der Waals surface area contributed by atoms with Crippen molar-refractivity contribution < 1.29 is 38.0 Å². The Morgan fingerprint density at radius 3 is 2.39 bits per heavy atom. The number of ether oxygens (including phenoxy) is 2. The number of carbonyl (C=O) groups excluding carboxylic acids is 5. The number of rotatable bonds is 18. The van der Waals surface area contributed by atoms with Crippen LogP contribution in [0.5, 0.6) is 5.75 Å². The first-order valence-corrected chi connectivity index (χ1v) is 22.0. The van der Waals surface area contributed by atoms with E-state index in [9.17, 15) is 24.0 Å². The molecule has 2 saturated heterocycles. The van der Waals surface area contributed by atoms with Gasteiger partial charge in [-0.1, -0.05) is 59.2 Å². The number of aromatic nitrogens is 2. The lowest BCUT2D eigenvalue weighted by molar-refractivity contribution is -0.141. The molecule has 4 amide bonds. The van der Waals surface area contributed by atoms with Crippen molar-refractivity contribution >= 4 is 46.9 Å². The molecule has 3 aromatic carbocycles. The van der Waals surface area contributed by atoms with Gasteiger partial charge in [-0.25, -0.2) is 5.53 Å². The zero-order chi connectivity index (χ0) is 46.6. The Bertz CT molecular complexity index is 2590. The van der Waals surface area contributed by atoms with Crippen LogP contribution in [0.4, 0.5) is 0 Å². The standard InChI is InChI=1S/C48H50ClN9O8/c1-3-64-45(60)28-52-27-40(55-50)34-6-4-7-35(21-34)48(63)57-19-5-8-41(57)46(61)54-26-36-13-14-37(49)22-43(36)65-39-23-42(58(29-39)44(59)24-38-20-30(2)56-66-38)47(62)53-25-31-9-11-32(12-10-31)33-15-17-51-18-16-33/h4,6-7,9-18,20-22,27,39,41-42,50,52H,3,5,8,19,23-26,28-29H2,1-2H3,(H,53,62)(H,54,61)/b40-27-,55-50?/t39-,41+,42+/m1/s1. The van der Waals surface area contributed by atoms with E-state index in [1.165, 1.54) is 16.0 Å². The number of aryl methyl sites for hydroxylation is 1. The maximum Gasteiger partial charge on any atom is 0.325 e. The van der Waals surface area contributed by atoms with Crippen molar-refractivity contribution in [3.05, 3.63) is 142 Å². The molecule has 2 aliphatic rings. The van der Waals surface area contributed by atoms with E-state index in [0.717, 1.165) is 16.7 Å². The van der Waals surface area contributed by atoms with Gasteiger partial charge in [-0.3, -0.25) is 29.0 Å². The maximum atomic E-state index is 13.9. The monoisotopic (exact) mass is 915 g/mol. The van der Waals surface area contributed by atoms with Gasteiger partial charge in [-0.2, -0.15) is 5.11 Å². The summed E-state index contributed by atoms with van der Waals surface area (Å²) in [5.41, 5.74) is 12.8. The first-order chi connectivity index (χ1) is 32.0. The Hall–Kier alpha value is -7.40. The fourth-order valence-corrected chi connectivity index (χ4v) is 8.13. The van der Waals surface area contributed by atoms with Gasteiger partial charge in [-0.05, 0) is 79.8 Å². The number of amides is 4. The molecule has 18 heteroatoms. The fraction of sp³-hybridized carbons (Fsp3) is 0.312. The molecule has 4 N–H and O–H groups in total.